The predicted octanol–water partition coefficient (Wildman–Crippen LogP) is 5.18. The van der Waals surface area contributed by atoms with Gasteiger partial charge in [0.25, 0.3) is 0 Å². The van der Waals surface area contributed by atoms with Crippen molar-refractivity contribution in [3.8, 4) is 16.9 Å². The molecule has 1 atom stereocenters. The number of ether oxygens (including phenoxy) is 3. The van der Waals surface area contributed by atoms with Crippen LogP contribution in [0.15, 0.2) is 30.3 Å². The molecule has 2 aliphatic rings. The van der Waals surface area contributed by atoms with Gasteiger partial charge in [-0.1, -0.05) is 13.0 Å². The van der Waals surface area contributed by atoms with E-state index < -0.39 is 0 Å². The van der Waals surface area contributed by atoms with Crippen LogP contribution in [0, 0.1) is 5.82 Å². The van der Waals surface area contributed by atoms with Gasteiger partial charge < -0.3 is 29.3 Å². The zero-order chi connectivity index (χ0) is 32.3. The molecule has 9 heteroatoms. The van der Waals surface area contributed by atoms with Gasteiger partial charge in [-0.2, -0.15) is 0 Å². The number of hydrogen-bond acceptors (Lipinski definition) is 6. The van der Waals surface area contributed by atoms with Gasteiger partial charge in [0.1, 0.15) is 11.6 Å². The molecule has 0 unspecified atom stereocenters. The molecule has 2 aliphatic heterocycles. The lowest BCUT2D eigenvalue weighted by Gasteiger charge is -2.38. The highest BCUT2D eigenvalue weighted by atomic mass is 19.1. The van der Waals surface area contributed by atoms with E-state index in [0.717, 1.165) is 55.5 Å². The molecule has 2 fully saturated rings. The zero-order valence-electron chi connectivity index (χ0n) is 27.8. The van der Waals surface area contributed by atoms with Crippen molar-refractivity contribution in [1.29, 1.82) is 0 Å². The van der Waals surface area contributed by atoms with Gasteiger partial charge >= 0.3 is 0 Å². The predicted molar refractivity (Wildman–Crippen MR) is 175 cm³/mol. The molecule has 2 aromatic rings. The molecule has 0 saturated carbocycles. The molecule has 0 bridgehead atoms. The van der Waals surface area contributed by atoms with Crippen molar-refractivity contribution in [1.82, 2.24) is 15.1 Å². The number of hydrogen-bond donors (Lipinski definition) is 1. The number of nitrogens with one attached hydrogen (secondary N) is 1. The number of piperidine rings is 1. The number of rotatable bonds is 14. The van der Waals surface area contributed by atoms with E-state index in [0.29, 0.717) is 56.1 Å². The average molecular weight is 626 g/mol. The number of carbonyl (C=O) groups is 2. The van der Waals surface area contributed by atoms with Crippen molar-refractivity contribution in [3.05, 3.63) is 52.8 Å². The normalized spacial score (nSPS) is 17.4. The minimum Gasteiger partial charge on any atom is -0.493 e. The van der Waals surface area contributed by atoms with Crippen LogP contribution >= 0.6 is 0 Å². The maximum absolute atomic E-state index is 15.6. The lowest BCUT2D eigenvalue weighted by Crippen LogP contribution is -2.52. The molecule has 45 heavy (non-hydrogen) atoms. The van der Waals surface area contributed by atoms with Crippen LogP contribution in [0.1, 0.15) is 69.6 Å². The van der Waals surface area contributed by atoms with Crippen LogP contribution in [0.4, 0.5) is 4.39 Å². The molecule has 2 saturated heterocycles. The Bertz CT molecular complexity index is 1270. The van der Waals surface area contributed by atoms with Crippen molar-refractivity contribution in [2.75, 3.05) is 53.7 Å². The number of nitrogens with zero attached hydrogens (tertiary/aromatic N) is 2. The summed E-state index contributed by atoms with van der Waals surface area (Å²) in [5, 5.41) is 3.44. The number of aryl methyl sites for hydroxylation is 1. The first-order chi connectivity index (χ1) is 21.7. The summed E-state index contributed by atoms with van der Waals surface area (Å²) in [6, 6.07) is 9.18. The maximum atomic E-state index is 15.6. The third kappa shape index (κ3) is 9.27. The highest BCUT2D eigenvalue weighted by molar-refractivity contribution is 5.82. The fourth-order valence-electron chi connectivity index (χ4n) is 6.58. The van der Waals surface area contributed by atoms with Crippen molar-refractivity contribution in [2.24, 2.45) is 0 Å². The van der Waals surface area contributed by atoms with E-state index in [9.17, 15) is 9.59 Å². The van der Waals surface area contributed by atoms with Gasteiger partial charge in [0, 0.05) is 76.2 Å². The number of likely N-dealkylation sites (N-methyl/N-ethyl adjacent to an activating group) is 1. The lowest BCUT2D eigenvalue weighted by atomic mass is 9.92. The monoisotopic (exact) mass is 625 g/mol. The number of methoxy groups -OCH3 is 1. The second kappa shape index (κ2) is 17.1. The summed E-state index contributed by atoms with van der Waals surface area (Å²) in [4.78, 5) is 30.8. The van der Waals surface area contributed by atoms with Gasteiger partial charge in [0.05, 0.1) is 19.4 Å². The molecule has 248 valence electrons. The Hall–Kier alpha value is -3.01. The van der Waals surface area contributed by atoms with E-state index >= 15 is 4.39 Å². The second-order valence-corrected chi connectivity index (χ2v) is 12.6. The maximum Gasteiger partial charge on any atom is 0.227 e. The quantitative estimate of drug-likeness (QED) is 0.292. The fraction of sp³-hybridized carbons (Fsp3) is 0.611. The zero-order valence-corrected chi connectivity index (χ0v) is 27.8. The van der Waals surface area contributed by atoms with Gasteiger partial charge in [-0.05, 0) is 93.5 Å². The first kappa shape index (κ1) is 34.9. The summed E-state index contributed by atoms with van der Waals surface area (Å²) >= 11 is 0. The van der Waals surface area contributed by atoms with Crippen molar-refractivity contribution in [2.45, 2.75) is 90.3 Å². The van der Waals surface area contributed by atoms with Crippen LogP contribution in [-0.2, 0) is 38.3 Å². The van der Waals surface area contributed by atoms with Crippen molar-refractivity contribution in [3.63, 3.8) is 0 Å². The number of carbonyl (C=O) groups excluding carboxylic acids is 2. The average Bonchev–Trinajstić information content (AvgIpc) is 3.04. The number of halogens is 1. The molecule has 2 heterocycles. The summed E-state index contributed by atoms with van der Waals surface area (Å²) in [6.07, 6.45) is 5.48. The Morgan fingerprint density at radius 1 is 1.00 bits per heavy atom. The van der Waals surface area contributed by atoms with Crippen LogP contribution in [0.5, 0.6) is 5.75 Å². The van der Waals surface area contributed by atoms with Crippen LogP contribution in [0.3, 0.4) is 0 Å². The smallest absolute Gasteiger partial charge is 0.227 e. The largest absolute Gasteiger partial charge is 0.493 e. The van der Waals surface area contributed by atoms with E-state index in [1.54, 1.807) is 24.1 Å². The first-order valence-corrected chi connectivity index (χ1v) is 16.6. The molecule has 2 amide bonds. The molecular formula is C36H52FN3O5. The van der Waals surface area contributed by atoms with Gasteiger partial charge in [-0.15, -0.1) is 0 Å². The molecule has 0 aromatic heterocycles. The molecule has 8 nitrogen and oxygen atoms in total. The highest BCUT2D eigenvalue weighted by Crippen LogP contribution is 2.36. The van der Waals surface area contributed by atoms with Gasteiger partial charge in [-0.3, -0.25) is 9.59 Å². The Kier molecular flexibility index (Phi) is 13.2. The molecule has 2 aromatic carbocycles. The minimum absolute atomic E-state index is 0.00137. The van der Waals surface area contributed by atoms with E-state index in [2.05, 4.69) is 26.1 Å². The second-order valence-electron chi connectivity index (χ2n) is 12.6. The Labute approximate surface area is 268 Å². The summed E-state index contributed by atoms with van der Waals surface area (Å²) in [7, 11) is 3.49. The molecule has 0 spiro atoms. The van der Waals surface area contributed by atoms with E-state index in [1.165, 1.54) is 6.07 Å². The standard InChI is InChI=1S/C36H52FN3O5/c1-6-27-21-32(31-19-26(10-11-33(31)37)20-35(41)39(4)29-12-17-44-18-13-29)34(45-16-8-15-43-5)22-28(27)23-36(42)40(25(2)3)30-9-7-14-38-24-30/h10-11,19,21-22,25,29-30,38H,6-9,12-18,20,23-24H2,1-5H3/t30-/m1/s1. The Morgan fingerprint density at radius 3 is 2.44 bits per heavy atom. The van der Waals surface area contributed by atoms with Crippen LogP contribution in [-0.4, -0.2) is 93.4 Å². The fourth-order valence-corrected chi connectivity index (χ4v) is 6.58. The molecular weight excluding hydrogens is 573 g/mol. The SMILES string of the molecule is CCc1cc(-c2cc(CC(=O)N(C)C3CCOCC3)ccc2F)c(OCCCOC)cc1CC(=O)N(C(C)C)[C@@H]1CCCNC1. The minimum atomic E-state index is -0.382. The topological polar surface area (TPSA) is 80.3 Å². The number of amides is 2. The first-order valence-electron chi connectivity index (χ1n) is 16.6. The van der Waals surface area contributed by atoms with Gasteiger partial charge in [0.2, 0.25) is 11.8 Å². The van der Waals surface area contributed by atoms with Crippen LogP contribution < -0.4 is 10.1 Å². The molecule has 0 radical (unpaired) electrons. The summed E-state index contributed by atoms with van der Waals surface area (Å²) in [6.45, 7) is 10.2. The van der Waals surface area contributed by atoms with Crippen LogP contribution in [0.2, 0.25) is 0 Å². The summed E-state index contributed by atoms with van der Waals surface area (Å²) in [5.74, 6) is 0.240. The van der Waals surface area contributed by atoms with Crippen molar-refractivity contribution >= 4 is 11.8 Å². The van der Waals surface area contributed by atoms with Gasteiger partial charge in [-0.25, -0.2) is 4.39 Å². The molecule has 1 N–H and O–H groups in total. The molecule has 4 rings (SSSR count). The van der Waals surface area contributed by atoms with E-state index in [-0.39, 0.29) is 48.6 Å². The summed E-state index contributed by atoms with van der Waals surface area (Å²) in [5.41, 5.74) is 3.63. The van der Waals surface area contributed by atoms with Crippen LogP contribution in [0.25, 0.3) is 11.1 Å². The Balaban J connectivity index is 1.64. The van der Waals surface area contributed by atoms with Crippen molar-refractivity contribution < 1.29 is 28.2 Å². The lowest BCUT2D eigenvalue weighted by molar-refractivity contribution is -0.135. The van der Waals surface area contributed by atoms with E-state index in [1.807, 2.05) is 24.1 Å². The van der Waals surface area contributed by atoms with E-state index in [4.69, 9.17) is 14.2 Å². The Morgan fingerprint density at radius 2 is 1.78 bits per heavy atom. The number of benzene rings is 2. The third-order valence-electron chi connectivity index (χ3n) is 9.09. The van der Waals surface area contributed by atoms with Gasteiger partial charge in [0.15, 0.2) is 0 Å². The summed E-state index contributed by atoms with van der Waals surface area (Å²) < 4.78 is 32.5. The molecule has 0 aliphatic carbocycles. The third-order valence-corrected chi connectivity index (χ3v) is 9.09. The highest BCUT2D eigenvalue weighted by Gasteiger charge is 2.29.